The van der Waals surface area contributed by atoms with Crippen LogP contribution in [0, 0.1) is 5.41 Å². The third-order valence-corrected chi connectivity index (χ3v) is 6.52. The number of carbonyl (C=O) groups excluding carboxylic acids is 1. The van der Waals surface area contributed by atoms with Gasteiger partial charge in [-0.05, 0) is 57.8 Å². The second kappa shape index (κ2) is 12.8. The molecule has 0 aliphatic heterocycles. The first-order valence-corrected chi connectivity index (χ1v) is 11.8. The van der Waals surface area contributed by atoms with E-state index in [1.54, 1.807) is 0 Å². The summed E-state index contributed by atoms with van der Waals surface area (Å²) in [5.41, 5.74) is -0.375. The van der Waals surface area contributed by atoms with Gasteiger partial charge < -0.3 is 4.74 Å². The van der Waals surface area contributed by atoms with Gasteiger partial charge in [0.2, 0.25) is 0 Å². The molecule has 1 saturated carbocycles. The van der Waals surface area contributed by atoms with Gasteiger partial charge in [-0.3, -0.25) is 4.79 Å². The lowest BCUT2D eigenvalue weighted by Crippen LogP contribution is -2.43. The average Bonchev–Trinajstić information content (AvgIpc) is 2.67. The molecule has 0 unspecified atom stereocenters. The van der Waals surface area contributed by atoms with Crippen molar-refractivity contribution < 1.29 is 9.53 Å². The van der Waals surface area contributed by atoms with Crippen LogP contribution in [0.2, 0.25) is 0 Å². The van der Waals surface area contributed by atoms with Gasteiger partial charge >= 0.3 is 5.97 Å². The zero-order valence-electron chi connectivity index (χ0n) is 18.3. The number of hydrogen-bond acceptors (Lipinski definition) is 2. The molecular formula is C24H46O2. The quantitative estimate of drug-likeness (QED) is 0.291. The van der Waals surface area contributed by atoms with Crippen LogP contribution in [-0.2, 0) is 9.53 Å². The van der Waals surface area contributed by atoms with Gasteiger partial charge in [-0.1, -0.05) is 79.1 Å². The fourth-order valence-electron chi connectivity index (χ4n) is 4.63. The Labute approximate surface area is 163 Å². The fourth-order valence-corrected chi connectivity index (χ4v) is 4.63. The minimum Gasteiger partial charge on any atom is -0.459 e. The molecule has 0 aromatic rings. The third-order valence-electron chi connectivity index (χ3n) is 6.52. The maximum Gasteiger partial charge on any atom is 0.312 e. The highest BCUT2D eigenvalue weighted by Crippen LogP contribution is 2.43. The molecule has 2 heteroatoms. The maximum absolute atomic E-state index is 13.6. The molecule has 154 valence electrons. The molecule has 0 amide bonds. The molecular weight excluding hydrogens is 320 g/mol. The van der Waals surface area contributed by atoms with Crippen LogP contribution in [0.25, 0.3) is 0 Å². The summed E-state index contributed by atoms with van der Waals surface area (Å²) in [6, 6.07) is 0. The molecule has 0 heterocycles. The molecule has 0 N–H and O–H groups in total. The van der Waals surface area contributed by atoms with Crippen LogP contribution in [0.1, 0.15) is 137 Å². The van der Waals surface area contributed by atoms with Gasteiger partial charge in [0.05, 0.1) is 5.41 Å². The van der Waals surface area contributed by atoms with E-state index >= 15 is 0 Å². The second-order valence-electron chi connectivity index (χ2n) is 8.83. The standard InChI is InChI=1S/C24H46O2/c1-5-9-16-23(17-10-6-2,18-11-7-3)22(25)26-24(19-12-8-4)20-14-13-15-21-24/h5-21H2,1-4H3. The minimum atomic E-state index is -0.224. The van der Waals surface area contributed by atoms with E-state index in [9.17, 15) is 4.79 Å². The summed E-state index contributed by atoms with van der Waals surface area (Å²) in [5, 5.41) is 0. The van der Waals surface area contributed by atoms with Crippen LogP contribution in [-0.4, -0.2) is 11.6 Å². The molecule has 0 radical (unpaired) electrons. The van der Waals surface area contributed by atoms with Crippen molar-refractivity contribution in [3.05, 3.63) is 0 Å². The van der Waals surface area contributed by atoms with Crippen molar-refractivity contribution >= 4 is 5.97 Å². The van der Waals surface area contributed by atoms with E-state index in [0.29, 0.717) is 0 Å². The van der Waals surface area contributed by atoms with Crippen LogP contribution < -0.4 is 0 Å². The first-order chi connectivity index (χ1) is 12.6. The number of hydrogen-bond donors (Lipinski definition) is 0. The Bertz CT molecular complexity index is 347. The Morgan fingerprint density at radius 1 is 0.769 bits per heavy atom. The van der Waals surface area contributed by atoms with Crippen molar-refractivity contribution in [1.29, 1.82) is 0 Å². The van der Waals surface area contributed by atoms with Crippen LogP contribution in [0.3, 0.4) is 0 Å². The number of esters is 1. The molecule has 0 aromatic carbocycles. The van der Waals surface area contributed by atoms with Crippen molar-refractivity contribution in [2.24, 2.45) is 5.41 Å². The highest BCUT2D eigenvalue weighted by atomic mass is 16.6. The summed E-state index contributed by atoms with van der Waals surface area (Å²) in [5.74, 6) is 0.158. The lowest BCUT2D eigenvalue weighted by atomic mass is 9.73. The van der Waals surface area contributed by atoms with Gasteiger partial charge in [-0.15, -0.1) is 0 Å². The minimum absolute atomic E-state index is 0.152. The second-order valence-corrected chi connectivity index (χ2v) is 8.83. The molecule has 26 heavy (non-hydrogen) atoms. The first kappa shape index (κ1) is 23.5. The SMILES string of the molecule is CCCCC1(OC(=O)C(CCCC)(CCCC)CCCC)CCCCC1. The smallest absolute Gasteiger partial charge is 0.312 e. The van der Waals surface area contributed by atoms with E-state index in [2.05, 4.69) is 27.7 Å². The van der Waals surface area contributed by atoms with Crippen molar-refractivity contribution in [3.8, 4) is 0 Å². The lowest BCUT2D eigenvalue weighted by Gasteiger charge is -2.41. The van der Waals surface area contributed by atoms with Crippen molar-refractivity contribution in [1.82, 2.24) is 0 Å². The van der Waals surface area contributed by atoms with E-state index in [0.717, 1.165) is 77.0 Å². The number of carbonyl (C=O) groups is 1. The molecule has 1 fully saturated rings. The van der Waals surface area contributed by atoms with Crippen LogP contribution in [0.15, 0.2) is 0 Å². The number of ether oxygens (including phenoxy) is 1. The summed E-state index contributed by atoms with van der Waals surface area (Å²) in [6.07, 6.45) is 19.3. The van der Waals surface area contributed by atoms with Crippen LogP contribution in [0.5, 0.6) is 0 Å². The zero-order valence-corrected chi connectivity index (χ0v) is 18.3. The third kappa shape index (κ3) is 7.24. The van der Waals surface area contributed by atoms with Gasteiger partial charge in [0, 0.05) is 0 Å². The topological polar surface area (TPSA) is 26.3 Å². The summed E-state index contributed by atoms with van der Waals surface area (Å²) in [4.78, 5) is 13.6. The summed E-state index contributed by atoms with van der Waals surface area (Å²) < 4.78 is 6.50. The van der Waals surface area contributed by atoms with E-state index in [1.165, 1.54) is 32.1 Å². The fraction of sp³-hybridized carbons (Fsp3) is 0.958. The Hall–Kier alpha value is -0.530. The van der Waals surface area contributed by atoms with E-state index < -0.39 is 0 Å². The van der Waals surface area contributed by atoms with Crippen LogP contribution >= 0.6 is 0 Å². The predicted octanol–water partition coefficient (Wildman–Crippen LogP) is 7.98. The Morgan fingerprint density at radius 3 is 1.65 bits per heavy atom. The first-order valence-electron chi connectivity index (χ1n) is 11.8. The molecule has 1 aliphatic rings. The van der Waals surface area contributed by atoms with Gasteiger partial charge in [-0.25, -0.2) is 0 Å². The lowest BCUT2D eigenvalue weighted by molar-refractivity contribution is -0.179. The molecule has 0 saturated heterocycles. The van der Waals surface area contributed by atoms with Crippen LogP contribution in [0.4, 0.5) is 0 Å². The molecule has 1 rings (SSSR count). The number of unbranched alkanes of at least 4 members (excludes halogenated alkanes) is 4. The molecule has 0 bridgehead atoms. The van der Waals surface area contributed by atoms with Crippen molar-refractivity contribution in [2.75, 3.05) is 0 Å². The van der Waals surface area contributed by atoms with Crippen molar-refractivity contribution in [2.45, 2.75) is 142 Å². The molecule has 1 aliphatic carbocycles. The Morgan fingerprint density at radius 2 is 1.23 bits per heavy atom. The van der Waals surface area contributed by atoms with E-state index in [-0.39, 0.29) is 17.0 Å². The largest absolute Gasteiger partial charge is 0.459 e. The summed E-state index contributed by atoms with van der Waals surface area (Å²) in [6.45, 7) is 8.95. The van der Waals surface area contributed by atoms with Gasteiger partial charge in [0.1, 0.15) is 5.60 Å². The molecule has 0 atom stereocenters. The summed E-state index contributed by atoms with van der Waals surface area (Å²) >= 11 is 0. The number of rotatable bonds is 14. The highest BCUT2D eigenvalue weighted by molar-refractivity contribution is 5.77. The highest BCUT2D eigenvalue weighted by Gasteiger charge is 2.43. The monoisotopic (exact) mass is 366 g/mol. The Kier molecular flexibility index (Phi) is 11.6. The van der Waals surface area contributed by atoms with E-state index in [4.69, 9.17) is 4.74 Å². The summed E-state index contributed by atoms with van der Waals surface area (Å²) in [7, 11) is 0. The molecule has 0 spiro atoms. The predicted molar refractivity (Wildman–Crippen MR) is 112 cm³/mol. The maximum atomic E-state index is 13.6. The van der Waals surface area contributed by atoms with Gasteiger partial charge in [0.15, 0.2) is 0 Å². The van der Waals surface area contributed by atoms with Crippen molar-refractivity contribution in [3.63, 3.8) is 0 Å². The molecule has 0 aromatic heterocycles. The normalized spacial score (nSPS) is 17.2. The van der Waals surface area contributed by atoms with Gasteiger partial charge in [0.25, 0.3) is 0 Å². The Balaban J connectivity index is 2.97. The zero-order chi connectivity index (χ0) is 19.3. The molecule has 2 nitrogen and oxygen atoms in total. The van der Waals surface area contributed by atoms with Gasteiger partial charge in [-0.2, -0.15) is 0 Å². The van der Waals surface area contributed by atoms with E-state index in [1.807, 2.05) is 0 Å². The average molecular weight is 367 g/mol.